The topological polar surface area (TPSA) is 68.3 Å². The number of aryl methyl sites for hydroxylation is 1. The van der Waals surface area contributed by atoms with E-state index in [0.29, 0.717) is 0 Å². The van der Waals surface area contributed by atoms with Crippen molar-refractivity contribution in [1.82, 2.24) is 0 Å². The molecule has 0 aromatic heterocycles. The normalized spacial score (nSPS) is 11.6. The molecule has 0 atom stereocenters. The van der Waals surface area contributed by atoms with E-state index >= 15 is 0 Å². The number of hydrogen-bond donors (Lipinski definition) is 0. The predicted octanol–water partition coefficient (Wildman–Crippen LogP) is 1.56. The lowest BCUT2D eigenvalue weighted by Gasteiger charge is -2.05. The molecule has 1 aromatic rings. The average molecular weight is 268 g/mol. The van der Waals surface area contributed by atoms with Crippen LogP contribution in [0.1, 0.15) is 19.4 Å². The van der Waals surface area contributed by atoms with Crippen LogP contribution in [0, 0.1) is 12.8 Å². The van der Waals surface area contributed by atoms with Crippen molar-refractivity contribution in [3.63, 3.8) is 0 Å². The molecule has 0 spiro atoms. The van der Waals surface area contributed by atoms with Crippen molar-refractivity contribution in [1.29, 1.82) is 0 Å². The van der Waals surface area contributed by atoms with Crippen molar-refractivity contribution in [2.45, 2.75) is 25.7 Å². The van der Waals surface area contributed by atoms with Gasteiger partial charge in [-0.1, -0.05) is 31.5 Å². The van der Waals surface area contributed by atoms with E-state index in [4.69, 9.17) is 0 Å². The highest BCUT2D eigenvalue weighted by molar-refractivity contribution is 7.92. The van der Waals surface area contributed by atoms with Gasteiger partial charge in [-0.05, 0) is 19.1 Å². The van der Waals surface area contributed by atoms with Crippen LogP contribution in [0.15, 0.2) is 29.2 Å². The third-order valence-corrected chi connectivity index (χ3v) is 4.13. The van der Waals surface area contributed by atoms with Gasteiger partial charge in [-0.2, -0.15) is 0 Å². The Labute approximate surface area is 107 Å². The van der Waals surface area contributed by atoms with E-state index in [2.05, 4.69) is 0 Å². The molecular formula is C13H16O4S. The highest BCUT2D eigenvalue weighted by atomic mass is 32.2. The number of Topliss-reactive ketones (excluding diaryl/α,β-unsaturated/α-hetero) is 2. The molecule has 0 N–H and O–H groups in total. The summed E-state index contributed by atoms with van der Waals surface area (Å²) >= 11 is 0. The van der Waals surface area contributed by atoms with Crippen LogP contribution in [-0.4, -0.2) is 25.7 Å². The van der Waals surface area contributed by atoms with Crippen molar-refractivity contribution in [3.05, 3.63) is 29.8 Å². The lowest BCUT2D eigenvalue weighted by atomic mass is 10.1. The summed E-state index contributed by atoms with van der Waals surface area (Å²) in [6.45, 7) is 4.97. The summed E-state index contributed by atoms with van der Waals surface area (Å²) in [6.07, 6.45) is 0. The summed E-state index contributed by atoms with van der Waals surface area (Å²) < 4.78 is 23.8. The van der Waals surface area contributed by atoms with E-state index in [1.807, 2.05) is 6.92 Å². The Morgan fingerprint density at radius 1 is 1.11 bits per heavy atom. The molecule has 0 unspecified atom stereocenters. The zero-order valence-electron chi connectivity index (χ0n) is 10.6. The van der Waals surface area contributed by atoms with Crippen LogP contribution in [0.2, 0.25) is 0 Å². The molecule has 18 heavy (non-hydrogen) atoms. The van der Waals surface area contributed by atoms with Gasteiger partial charge in [0.15, 0.2) is 9.84 Å². The average Bonchev–Trinajstić information content (AvgIpc) is 2.27. The molecule has 0 saturated carbocycles. The molecule has 0 aliphatic heterocycles. The van der Waals surface area contributed by atoms with Crippen LogP contribution >= 0.6 is 0 Å². The van der Waals surface area contributed by atoms with Gasteiger partial charge in [0.2, 0.25) is 11.6 Å². The first-order valence-electron chi connectivity index (χ1n) is 5.60. The van der Waals surface area contributed by atoms with Crippen LogP contribution in [0.25, 0.3) is 0 Å². The molecule has 1 rings (SSSR count). The summed E-state index contributed by atoms with van der Waals surface area (Å²) in [5, 5.41) is 0. The van der Waals surface area contributed by atoms with Gasteiger partial charge in [-0.15, -0.1) is 0 Å². The Balaban J connectivity index is 2.93. The molecule has 1 aromatic carbocycles. The largest absolute Gasteiger partial charge is 0.291 e. The maximum absolute atomic E-state index is 11.9. The fourth-order valence-corrected chi connectivity index (χ4v) is 2.60. The first-order chi connectivity index (χ1) is 8.24. The summed E-state index contributed by atoms with van der Waals surface area (Å²) in [5.41, 5.74) is 0.929. The number of sulfone groups is 1. The fraction of sp³-hybridized carbons (Fsp3) is 0.385. The maximum atomic E-state index is 11.9. The lowest BCUT2D eigenvalue weighted by molar-refractivity contribution is -0.136. The molecule has 98 valence electrons. The molecule has 0 aliphatic rings. The summed E-state index contributed by atoms with van der Waals surface area (Å²) in [6, 6.07) is 6.19. The Morgan fingerprint density at radius 2 is 1.61 bits per heavy atom. The van der Waals surface area contributed by atoms with E-state index in [1.54, 1.807) is 26.0 Å². The number of carbonyl (C=O) groups excluding carboxylic acids is 2. The number of hydrogen-bond acceptors (Lipinski definition) is 4. The van der Waals surface area contributed by atoms with Gasteiger partial charge in [0.1, 0.15) is 5.75 Å². The fourth-order valence-electron chi connectivity index (χ4n) is 1.39. The molecule has 0 fully saturated rings. The minimum Gasteiger partial charge on any atom is -0.291 e. The lowest BCUT2D eigenvalue weighted by Crippen LogP contribution is -2.27. The monoisotopic (exact) mass is 268 g/mol. The van der Waals surface area contributed by atoms with Crippen LogP contribution in [0.5, 0.6) is 0 Å². The summed E-state index contributed by atoms with van der Waals surface area (Å²) in [7, 11) is -3.73. The molecule has 4 nitrogen and oxygen atoms in total. The van der Waals surface area contributed by atoms with Crippen molar-refractivity contribution in [2.75, 3.05) is 5.75 Å². The zero-order chi connectivity index (χ0) is 13.9. The van der Waals surface area contributed by atoms with Crippen molar-refractivity contribution in [3.8, 4) is 0 Å². The van der Waals surface area contributed by atoms with Crippen LogP contribution in [0.4, 0.5) is 0 Å². The van der Waals surface area contributed by atoms with Crippen molar-refractivity contribution in [2.24, 2.45) is 5.92 Å². The smallest absolute Gasteiger partial charge is 0.214 e. The molecule has 0 saturated heterocycles. The molecule has 0 bridgehead atoms. The van der Waals surface area contributed by atoms with Crippen LogP contribution in [0.3, 0.4) is 0 Å². The molecule has 0 aliphatic carbocycles. The Bertz CT molecular complexity index is 553. The number of ketones is 2. The standard InChI is InChI=1S/C13H16O4S/c1-9(2)13(15)12(14)8-18(16,17)11-6-4-10(3)5-7-11/h4-7,9H,8H2,1-3H3. The van der Waals surface area contributed by atoms with Crippen molar-refractivity contribution < 1.29 is 18.0 Å². The zero-order valence-corrected chi connectivity index (χ0v) is 11.5. The van der Waals surface area contributed by atoms with Gasteiger partial charge in [-0.3, -0.25) is 9.59 Å². The molecular weight excluding hydrogens is 252 g/mol. The second-order valence-corrected chi connectivity index (χ2v) is 6.50. The third-order valence-electron chi connectivity index (χ3n) is 2.50. The van der Waals surface area contributed by atoms with Gasteiger partial charge in [0, 0.05) is 5.92 Å². The van der Waals surface area contributed by atoms with E-state index in [1.165, 1.54) is 12.1 Å². The van der Waals surface area contributed by atoms with Crippen LogP contribution < -0.4 is 0 Å². The highest BCUT2D eigenvalue weighted by Gasteiger charge is 2.25. The van der Waals surface area contributed by atoms with Crippen molar-refractivity contribution >= 4 is 21.4 Å². The Morgan fingerprint density at radius 3 is 2.06 bits per heavy atom. The van der Waals surface area contributed by atoms with Gasteiger partial charge < -0.3 is 0 Å². The number of rotatable bonds is 5. The Hall–Kier alpha value is -1.49. The summed E-state index contributed by atoms with van der Waals surface area (Å²) in [5.74, 6) is -2.74. The maximum Gasteiger partial charge on any atom is 0.214 e. The van der Waals surface area contributed by atoms with Gasteiger partial charge >= 0.3 is 0 Å². The highest BCUT2D eigenvalue weighted by Crippen LogP contribution is 2.13. The molecule has 0 amide bonds. The van der Waals surface area contributed by atoms with E-state index in [9.17, 15) is 18.0 Å². The predicted molar refractivity (Wildman–Crippen MR) is 68.1 cm³/mol. The first kappa shape index (κ1) is 14.6. The Kier molecular flexibility index (Phi) is 4.40. The van der Waals surface area contributed by atoms with E-state index in [-0.39, 0.29) is 4.90 Å². The quantitative estimate of drug-likeness (QED) is 0.760. The van der Waals surface area contributed by atoms with E-state index < -0.39 is 33.1 Å². The van der Waals surface area contributed by atoms with Gasteiger partial charge in [0.05, 0.1) is 4.90 Å². The SMILES string of the molecule is Cc1ccc(S(=O)(=O)CC(=O)C(=O)C(C)C)cc1. The van der Waals surface area contributed by atoms with Gasteiger partial charge in [-0.25, -0.2) is 8.42 Å². The molecule has 5 heteroatoms. The minimum absolute atomic E-state index is 0.0676. The summed E-state index contributed by atoms with van der Waals surface area (Å²) in [4.78, 5) is 23.0. The molecule has 0 radical (unpaired) electrons. The third kappa shape index (κ3) is 3.50. The van der Waals surface area contributed by atoms with E-state index in [0.717, 1.165) is 5.56 Å². The molecule has 0 heterocycles. The first-order valence-corrected chi connectivity index (χ1v) is 7.25. The van der Waals surface area contributed by atoms with Gasteiger partial charge in [0.25, 0.3) is 0 Å². The minimum atomic E-state index is -3.73. The second-order valence-electron chi connectivity index (χ2n) is 4.51. The second kappa shape index (κ2) is 5.44. The number of benzene rings is 1. The number of carbonyl (C=O) groups is 2. The van der Waals surface area contributed by atoms with Crippen LogP contribution in [-0.2, 0) is 19.4 Å².